The monoisotopic (exact) mass is 458 g/mol. The van der Waals surface area contributed by atoms with Crippen molar-refractivity contribution in [3.63, 3.8) is 0 Å². The lowest BCUT2D eigenvalue weighted by atomic mass is 10.1. The van der Waals surface area contributed by atoms with E-state index < -0.39 is 17.6 Å². The number of halogens is 4. The minimum absolute atomic E-state index is 0.250. The second-order valence-electron chi connectivity index (χ2n) is 6.60. The second kappa shape index (κ2) is 17.8. The summed E-state index contributed by atoms with van der Waals surface area (Å²) in [5, 5.41) is 11.0. The third kappa shape index (κ3) is 13.4. The quantitative estimate of drug-likeness (QED) is 0.272. The fourth-order valence-corrected chi connectivity index (χ4v) is 2.10. The molecule has 1 heterocycles. The first-order chi connectivity index (χ1) is 15.0. The van der Waals surface area contributed by atoms with Gasteiger partial charge >= 0.3 is 6.18 Å². The Bertz CT molecular complexity index is 876. The number of alkyl halides is 3. The van der Waals surface area contributed by atoms with Gasteiger partial charge in [-0.15, -0.1) is 0 Å². The van der Waals surface area contributed by atoms with Crippen LogP contribution in [0.15, 0.2) is 48.7 Å². The van der Waals surface area contributed by atoms with Gasteiger partial charge in [0.25, 0.3) is 6.47 Å². The number of hydrogen-bond donors (Lipinski definition) is 3. The molecular formula is C24H34F4N2O2. The van der Waals surface area contributed by atoms with E-state index in [1.165, 1.54) is 42.3 Å². The van der Waals surface area contributed by atoms with Gasteiger partial charge in [-0.25, -0.2) is 4.39 Å². The standard InChI is InChI=1S/C9H9N.C8H6F4.C4H10.C2H7N.CH2O2/c1-7-3-2-4-9-8(7)5-6-10-9;1-5-2-3-7(9)6(4-5)8(10,11)12;1-3-4-2;1-3-2;2-1-3/h2-6,10H,1H3;2-4H,1H3;3-4H2,1-2H3;3H,1-2H3;1H,(H,2,3). The topological polar surface area (TPSA) is 65.1 Å². The summed E-state index contributed by atoms with van der Waals surface area (Å²) in [6, 6.07) is 11.3. The van der Waals surface area contributed by atoms with Gasteiger partial charge in [-0.3, -0.25) is 4.79 Å². The van der Waals surface area contributed by atoms with E-state index in [2.05, 4.69) is 55.3 Å². The first-order valence-electron chi connectivity index (χ1n) is 10.1. The molecule has 3 aromatic rings. The first-order valence-corrected chi connectivity index (χ1v) is 10.1. The highest BCUT2D eigenvalue weighted by Gasteiger charge is 2.33. The number of unbranched alkanes of at least 4 members (excludes halogenated alkanes) is 1. The lowest BCUT2D eigenvalue weighted by molar-refractivity contribution is -0.140. The molecule has 0 atom stereocenters. The molecule has 3 N–H and O–H groups in total. The number of carbonyl (C=O) groups is 1. The fraction of sp³-hybridized carbons (Fsp3) is 0.375. The largest absolute Gasteiger partial charge is 0.483 e. The van der Waals surface area contributed by atoms with Crippen LogP contribution in [0, 0.1) is 19.7 Å². The van der Waals surface area contributed by atoms with Crippen molar-refractivity contribution in [2.24, 2.45) is 0 Å². The Morgan fingerprint density at radius 2 is 1.56 bits per heavy atom. The highest BCUT2D eigenvalue weighted by Crippen LogP contribution is 2.31. The van der Waals surface area contributed by atoms with E-state index in [0.29, 0.717) is 5.56 Å². The van der Waals surface area contributed by atoms with Crippen molar-refractivity contribution in [2.75, 3.05) is 14.1 Å². The van der Waals surface area contributed by atoms with Crippen LogP contribution in [-0.4, -0.2) is 30.7 Å². The van der Waals surface area contributed by atoms with Crippen LogP contribution in [0.4, 0.5) is 17.6 Å². The third-order valence-corrected chi connectivity index (χ3v) is 3.74. The molecule has 8 heteroatoms. The molecule has 0 aliphatic heterocycles. The van der Waals surface area contributed by atoms with Gasteiger partial charge in [-0.05, 0) is 57.8 Å². The lowest BCUT2D eigenvalue weighted by Gasteiger charge is -2.07. The zero-order valence-corrected chi connectivity index (χ0v) is 19.5. The number of benzene rings is 2. The van der Waals surface area contributed by atoms with Crippen LogP contribution >= 0.6 is 0 Å². The number of carboxylic acid groups (broad SMARTS) is 1. The molecule has 180 valence electrons. The second-order valence-corrected chi connectivity index (χ2v) is 6.60. The Kier molecular flexibility index (Phi) is 17.4. The van der Waals surface area contributed by atoms with Crippen LogP contribution in [0.1, 0.15) is 43.4 Å². The van der Waals surface area contributed by atoms with E-state index in [4.69, 9.17) is 9.90 Å². The summed E-state index contributed by atoms with van der Waals surface area (Å²) >= 11 is 0. The molecule has 0 bridgehead atoms. The van der Waals surface area contributed by atoms with Crippen molar-refractivity contribution < 1.29 is 27.5 Å². The Morgan fingerprint density at radius 3 is 1.97 bits per heavy atom. The predicted molar refractivity (Wildman–Crippen MR) is 123 cm³/mol. The molecule has 0 aliphatic carbocycles. The summed E-state index contributed by atoms with van der Waals surface area (Å²) in [6.45, 7) is 7.71. The van der Waals surface area contributed by atoms with Crippen molar-refractivity contribution in [3.05, 3.63) is 71.2 Å². The molecule has 3 rings (SSSR count). The van der Waals surface area contributed by atoms with Crippen LogP contribution in [0.25, 0.3) is 10.9 Å². The van der Waals surface area contributed by atoms with Crippen LogP contribution in [0.3, 0.4) is 0 Å². The number of fused-ring (bicyclic) bond motifs is 1. The Labute approximate surface area is 187 Å². The van der Waals surface area contributed by atoms with E-state index >= 15 is 0 Å². The Morgan fingerprint density at radius 1 is 1.03 bits per heavy atom. The van der Waals surface area contributed by atoms with Crippen molar-refractivity contribution in [1.82, 2.24) is 10.3 Å². The number of hydrogen-bond acceptors (Lipinski definition) is 2. The van der Waals surface area contributed by atoms with Crippen LogP contribution in [0.2, 0.25) is 0 Å². The van der Waals surface area contributed by atoms with E-state index in [0.717, 1.165) is 12.1 Å². The summed E-state index contributed by atoms with van der Waals surface area (Å²) in [6.07, 6.45) is 0.00771. The Balaban J connectivity index is 0. The minimum atomic E-state index is -4.60. The van der Waals surface area contributed by atoms with Crippen molar-refractivity contribution in [2.45, 2.75) is 46.7 Å². The predicted octanol–water partition coefficient (Wildman–Crippen LogP) is 6.97. The van der Waals surface area contributed by atoms with Crippen molar-refractivity contribution in [3.8, 4) is 0 Å². The van der Waals surface area contributed by atoms with Gasteiger partial charge in [-0.1, -0.05) is 50.5 Å². The van der Waals surface area contributed by atoms with E-state index in [-0.39, 0.29) is 6.47 Å². The third-order valence-electron chi connectivity index (χ3n) is 3.74. The molecule has 0 fully saturated rings. The normalized spacial score (nSPS) is 9.56. The zero-order valence-electron chi connectivity index (χ0n) is 19.5. The molecule has 0 unspecified atom stereocenters. The molecule has 2 aromatic carbocycles. The molecule has 0 amide bonds. The SMILES string of the molecule is CCCC.CNC.Cc1ccc(F)c(C(F)(F)F)c1.Cc1cccc2[nH]ccc12.O=CO. The number of H-pyrrole nitrogens is 1. The average molecular weight is 459 g/mol. The molecule has 1 aromatic heterocycles. The molecule has 4 nitrogen and oxygen atoms in total. The lowest BCUT2D eigenvalue weighted by Crippen LogP contribution is -2.08. The first kappa shape index (κ1) is 31.3. The van der Waals surface area contributed by atoms with Crippen molar-refractivity contribution in [1.29, 1.82) is 0 Å². The maximum absolute atomic E-state index is 12.5. The smallest absolute Gasteiger partial charge is 0.419 e. The van der Waals surface area contributed by atoms with Gasteiger partial charge in [0.05, 0.1) is 5.56 Å². The summed E-state index contributed by atoms with van der Waals surface area (Å²) in [5.41, 5.74) is 1.74. The summed E-state index contributed by atoms with van der Waals surface area (Å²) in [4.78, 5) is 11.5. The van der Waals surface area contributed by atoms with Crippen LogP contribution in [0.5, 0.6) is 0 Å². The highest BCUT2D eigenvalue weighted by molar-refractivity contribution is 5.82. The summed E-state index contributed by atoms with van der Waals surface area (Å²) in [7, 11) is 3.75. The minimum Gasteiger partial charge on any atom is -0.483 e. The van der Waals surface area contributed by atoms with Gasteiger partial charge in [-0.2, -0.15) is 13.2 Å². The number of nitrogens with one attached hydrogen (secondary N) is 2. The van der Waals surface area contributed by atoms with Gasteiger partial charge in [0.1, 0.15) is 5.82 Å². The summed E-state index contributed by atoms with van der Waals surface area (Å²) < 4.78 is 48.5. The van der Waals surface area contributed by atoms with Gasteiger partial charge in [0, 0.05) is 17.1 Å². The fourth-order valence-electron chi connectivity index (χ4n) is 2.10. The van der Waals surface area contributed by atoms with Crippen LogP contribution < -0.4 is 5.32 Å². The molecule has 0 aliphatic rings. The molecule has 0 saturated carbocycles. The average Bonchev–Trinajstić information content (AvgIpc) is 3.21. The maximum atomic E-state index is 12.5. The molecular weight excluding hydrogens is 424 g/mol. The zero-order chi connectivity index (χ0) is 25.2. The number of aromatic nitrogens is 1. The van der Waals surface area contributed by atoms with Gasteiger partial charge in [0.15, 0.2) is 0 Å². The molecule has 0 spiro atoms. The molecule has 32 heavy (non-hydrogen) atoms. The van der Waals surface area contributed by atoms with Gasteiger partial charge < -0.3 is 15.4 Å². The maximum Gasteiger partial charge on any atom is 0.419 e. The van der Waals surface area contributed by atoms with Crippen molar-refractivity contribution >= 4 is 17.4 Å². The van der Waals surface area contributed by atoms with E-state index in [1.807, 2.05) is 20.3 Å². The Hall–Kier alpha value is -2.87. The number of rotatable bonds is 1. The molecule has 0 radical (unpaired) electrons. The van der Waals surface area contributed by atoms with E-state index in [9.17, 15) is 17.6 Å². The number of aromatic amines is 1. The van der Waals surface area contributed by atoms with E-state index in [1.54, 1.807) is 0 Å². The summed E-state index contributed by atoms with van der Waals surface area (Å²) in [5.74, 6) is -1.23. The van der Waals surface area contributed by atoms with Crippen LogP contribution in [-0.2, 0) is 11.0 Å². The molecule has 0 saturated heterocycles. The highest BCUT2D eigenvalue weighted by atomic mass is 19.4. The van der Waals surface area contributed by atoms with Gasteiger partial charge in [0.2, 0.25) is 0 Å². The number of aryl methyl sites for hydroxylation is 2.